The summed E-state index contributed by atoms with van der Waals surface area (Å²) < 4.78 is 2.01. The van der Waals surface area contributed by atoms with Crippen LogP contribution in [0, 0.1) is 6.92 Å². The van der Waals surface area contributed by atoms with Crippen LogP contribution >= 0.6 is 0 Å². The number of aromatic nitrogens is 3. The Labute approximate surface area is 109 Å². The maximum absolute atomic E-state index is 4.73. The average Bonchev–Trinajstić information content (AvgIpc) is 2.73. The molecule has 18 heavy (non-hydrogen) atoms. The number of nitrogens with zero attached hydrogens (tertiary/aromatic N) is 3. The van der Waals surface area contributed by atoms with Crippen molar-refractivity contribution < 1.29 is 0 Å². The van der Waals surface area contributed by atoms with Crippen molar-refractivity contribution in [3.63, 3.8) is 0 Å². The normalized spacial score (nSPS) is 11.8. The van der Waals surface area contributed by atoms with Gasteiger partial charge in [0.15, 0.2) is 0 Å². The smallest absolute Gasteiger partial charge is 0.0832 e. The summed E-state index contributed by atoms with van der Waals surface area (Å²) in [6.07, 6.45) is 2.85. The van der Waals surface area contributed by atoms with E-state index in [0.29, 0.717) is 0 Å². The van der Waals surface area contributed by atoms with Gasteiger partial charge < -0.3 is 0 Å². The highest BCUT2D eigenvalue weighted by molar-refractivity contribution is 5.33. The lowest BCUT2D eigenvalue weighted by atomic mass is 9.92. The molecule has 2 heterocycles. The van der Waals surface area contributed by atoms with Crippen molar-refractivity contribution in [1.82, 2.24) is 14.8 Å². The first-order valence-electron chi connectivity index (χ1n) is 6.44. The van der Waals surface area contributed by atoms with Gasteiger partial charge in [-0.3, -0.25) is 4.98 Å². The Balaban J connectivity index is 2.50. The molecule has 3 heteroatoms. The third-order valence-corrected chi connectivity index (χ3v) is 3.05. The Hall–Kier alpha value is -1.64. The number of hydrogen-bond acceptors (Lipinski definition) is 2. The quantitative estimate of drug-likeness (QED) is 0.809. The van der Waals surface area contributed by atoms with Gasteiger partial charge in [-0.15, -0.1) is 0 Å². The first kappa shape index (κ1) is 12.8. The summed E-state index contributed by atoms with van der Waals surface area (Å²) in [4.78, 5) is 4.34. The van der Waals surface area contributed by atoms with Crippen LogP contribution in [-0.4, -0.2) is 14.8 Å². The Morgan fingerprint density at radius 3 is 2.44 bits per heavy atom. The zero-order valence-electron chi connectivity index (χ0n) is 11.9. The van der Waals surface area contributed by atoms with Crippen LogP contribution in [0.2, 0.25) is 0 Å². The zero-order chi connectivity index (χ0) is 13.3. The fourth-order valence-corrected chi connectivity index (χ4v) is 1.85. The van der Waals surface area contributed by atoms with Gasteiger partial charge in [0, 0.05) is 16.8 Å². The van der Waals surface area contributed by atoms with E-state index in [9.17, 15) is 0 Å². The van der Waals surface area contributed by atoms with Crippen molar-refractivity contribution in [2.45, 2.75) is 46.5 Å². The topological polar surface area (TPSA) is 30.7 Å². The Morgan fingerprint density at radius 1 is 1.22 bits per heavy atom. The predicted molar refractivity (Wildman–Crippen MR) is 74.2 cm³/mol. The summed E-state index contributed by atoms with van der Waals surface area (Å²) in [6.45, 7) is 10.7. The van der Waals surface area contributed by atoms with E-state index in [4.69, 9.17) is 5.10 Å². The van der Waals surface area contributed by atoms with Gasteiger partial charge in [-0.05, 0) is 31.5 Å². The molecule has 0 aliphatic carbocycles. The Bertz CT molecular complexity index is 530. The molecule has 0 aromatic carbocycles. The van der Waals surface area contributed by atoms with Crippen molar-refractivity contribution in [2.75, 3.05) is 0 Å². The summed E-state index contributed by atoms with van der Waals surface area (Å²) in [5.74, 6) is 0. The van der Waals surface area contributed by atoms with Crippen LogP contribution in [-0.2, 0) is 11.8 Å². The lowest BCUT2D eigenvalue weighted by Crippen LogP contribution is -2.12. The van der Waals surface area contributed by atoms with E-state index < -0.39 is 0 Å². The summed E-state index contributed by atoms with van der Waals surface area (Å²) >= 11 is 0. The van der Waals surface area contributed by atoms with Gasteiger partial charge in [-0.1, -0.05) is 27.7 Å². The number of aryl methyl sites for hydroxylation is 2. The number of rotatable bonds is 2. The second-order valence-corrected chi connectivity index (χ2v) is 5.69. The molecule has 0 amide bonds. The second-order valence-electron chi connectivity index (χ2n) is 5.69. The van der Waals surface area contributed by atoms with Crippen LogP contribution in [0.5, 0.6) is 0 Å². The minimum absolute atomic E-state index is 0.0767. The highest BCUT2D eigenvalue weighted by atomic mass is 15.3. The molecule has 2 aromatic heterocycles. The minimum Gasteiger partial charge on any atom is -0.259 e. The molecule has 0 aliphatic heterocycles. The first-order chi connectivity index (χ1) is 8.41. The highest BCUT2D eigenvalue weighted by Crippen LogP contribution is 2.23. The maximum Gasteiger partial charge on any atom is 0.0832 e. The van der Waals surface area contributed by atoms with E-state index in [-0.39, 0.29) is 5.41 Å². The summed E-state index contributed by atoms with van der Waals surface area (Å²) in [7, 11) is 0. The molecule has 0 spiro atoms. The van der Waals surface area contributed by atoms with Gasteiger partial charge in [0.1, 0.15) is 0 Å². The number of pyridine rings is 1. The van der Waals surface area contributed by atoms with Crippen LogP contribution in [0.25, 0.3) is 5.69 Å². The zero-order valence-corrected chi connectivity index (χ0v) is 11.9. The van der Waals surface area contributed by atoms with E-state index in [1.165, 1.54) is 5.69 Å². The van der Waals surface area contributed by atoms with Gasteiger partial charge in [-0.25, -0.2) is 4.68 Å². The third-order valence-electron chi connectivity index (χ3n) is 3.05. The van der Waals surface area contributed by atoms with Crippen LogP contribution in [0.3, 0.4) is 0 Å². The lowest BCUT2D eigenvalue weighted by Gasteiger charge is -2.14. The molecule has 0 saturated carbocycles. The summed E-state index contributed by atoms with van der Waals surface area (Å²) in [5.41, 5.74) is 4.49. The van der Waals surface area contributed by atoms with Crippen molar-refractivity contribution >= 4 is 0 Å². The average molecular weight is 243 g/mol. The van der Waals surface area contributed by atoms with Crippen molar-refractivity contribution in [2.24, 2.45) is 0 Å². The SMILES string of the molecule is CCc1cc(C(C)(C)C)nn1-c1ccc(C)nc1. The fourth-order valence-electron chi connectivity index (χ4n) is 1.85. The first-order valence-corrected chi connectivity index (χ1v) is 6.44. The van der Waals surface area contributed by atoms with Gasteiger partial charge >= 0.3 is 0 Å². The van der Waals surface area contributed by atoms with E-state index in [1.807, 2.05) is 23.9 Å². The highest BCUT2D eigenvalue weighted by Gasteiger charge is 2.19. The Kier molecular flexibility index (Phi) is 3.24. The predicted octanol–water partition coefficient (Wildman–Crippen LogP) is 3.44. The standard InChI is InChI=1S/C15H21N3/c1-6-12-9-14(15(3,4)5)17-18(12)13-8-7-11(2)16-10-13/h7-10H,6H2,1-5H3. The Morgan fingerprint density at radius 2 is 1.94 bits per heavy atom. The maximum atomic E-state index is 4.73. The van der Waals surface area contributed by atoms with E-state index in [2.05, 4.69) is 44.8 Å². The third kappa shape index (κ3) is 2.45. The molecule has 0 radical (unpaired) electrons. The van der Waals surface area contributed by atoms with Gasteiger partial charge in [0.25, 0.3) is 0 Å². The van der Waals surface area contributed by atoms with Crippen LogP contribution in [0.1, 0.15) is 44.8 Å². The van der Waals surface area contributed by atoms with Crippen LogP contribution in [0.15, 0.2) is 24.4 Å². The van der Waals surface area contributed by atoms with Crippen LogP contribution in [0.4, 0.5) is 0 Å². The molecule has 3 nitrogen and oxygen atoms in total. The second kappa shape index (κ2) is 4.56. The minimum atomic E-state index is 0.0767. The van der Waals surface area contributed by atoms with Crippen molar-refractivity contribution in [3.8, 4) is 5.69 Å². The lowest BCUT2D eigenvalue weighted by molar-refractivity contribution is 0.559. The van der Waals surface area contributed by atoms with Gasteiger partial charge in [0.05, 0.1) is 17.6 Å². The van der Waals surface area contributed by atoms with E-state index in [1.54, 1.807) is 0 Å². The molecule has 0 atom stereocenters. The van der Waals surface area contributed by atoms with E-state index in [0.717, 1.165) is 23.5 Å². The van der Waals surface area contributed by atoms with Crippen molar-refractivity contribution in [1.29, 1.82) is 0 Å². The van der Waals surface area contributed by atoms with Crippen LogP contribution < -0.4 is 0 Å². The molecular weight excluding hydrogens is 222 g/mol. The molecule has 0 N–H and O–H groups in total. The fraction of sp³-hybridized carbons (Fsp3) is 0.467. The number of hydrogen-bond donors (Lipinski definition) is 0. The molecule has 0 saturated heterocycles. The molecule has 0 bridgehead atoms. The van der Waals surface area contributed by atoms with Gasteiger partial charge in [-0.2, -0.15) is 5.10 Å². The summed E-state index contributed by atoms with van der Waals surface area (Å²) in [5, 5.41) is 4.73. The van der Waals surface area contributed by atoms with E-state index >= 15 is 0 Å². The molecule has 96 valence electrons. The van der Waals surface area contributed by atoms with Crippen molar-refractivity contribution in [3.05, 3.63) is 41.5 Å². The molecule has 0 fully saturated rings. The summed E-state index contributed by atoms with van der Waals surface area (Å²) in [6, 6.07) is 6.29. The largest absolute Gasteiger partial charge is 0.259 e. The molecule has 0 aliphatic rings. The molecular formula is C15H21N3. The molecule has 2 rings (SSSR count). The monoisotopic (exact) mass is 243 g/mol. The van der Waals surface area contributed by atoms with Gasteiger partial charge in [0.2, 0.25) is 0 Å². The molecule has 2 aromatic rings. The molecule has 0 unspecified atom stereocenters.